The molecule has 0 aliphatic carbocycles. The summed E-state index contributed by atoms with van der Waals surface area (Å²) in [5.41, 5.74) is -1.81. The minimum Gasteiger partial charge on any atom is -0.324 e. The molecule has 0 saturated heterocycles. The molecule has 0 spiro atoms. The number of nitrogens with zero attached hydrogens (tertiary/aromatic N) is 1. The Morgan fingerprint density at radius 3 is 2.50 bits per heavy atom. The number of benzene rings is 1. The summed E-state index contributed by atoms with van der Waals surface area (Å²) in [4.78, 5) is 54.9. The Bertz CT molecular complexity index is 896. The molecular formula is C10H11N4O7P. The van der Waals surface area contributed by atoms with Crippen molar-refractivity contribution in [2.45, 2.75) is 6.54 Å². The number of non-ortho nitro benzene ring substituents is 1. The SMILES string of the molecule is O=c1[nH]c2cc([N+](=O)[O-])cc([14CH2]NCP(=O)(O)O)c2[nH]c1=O. The quantitative estimate of drug-likeness (QED) is 0.207. The summed E-state index contributed by atoms with van der Waals surface area (Å²) < 4.78 is 10.8. The molecule has 0 saturated carbocycles. The standard InChI is InChI=1S/C10H11N4O7P/c15-9-10(16)13-8-5(3-11-4-22(19,20)21)1-6(14(17)18)2-7(8)12-9/h1-2,11H,3-4H2,(H,12,15)(H,13,16)(H2,19,20,21)/i3+2. The Morgan fingerprint density at radius 2 is 1.91 bits per heavy atom. The van der Waals surface area contributed by atoms with E-state index in [-0.39, 0.29) is 28.8 Å². The predicted molar refractivity (Wildman–Crippen MR) is 75.6 cm³/mol. The molecule has 118 valence electrons. The van der Waals surface area contributed by atoms with E-state index in [1.54, 1.807) is 0 Å². The maximum absolute atomic E-state index is 11.4. The van der Waals surface area contributed by atoms with Crippen LogP contribution < -0.4 is 16.4 Å². The van der Waals surface area contributed by atoms with Gasteiger partial charge in [0.2, 0.25) is 0 Å². The first-order chi connectivity index (χ1) is 10.2. The van der Waals surface area contributed by atoms with E-state index in [0.717, 1.165) is 12.1 Å². The third kappa shape index (κ3) is 3.65. The van der Waals surface area contributed by atoms with Gasteiger partial charge < -0.3 is 25.1 Å². The number of hydrogen-bond acceptors (Lipinski definition) is 6. The van der Waals surface area contributed by atoms with Crippen molar-refractivity contribution in [3.05, 3.63) is 48.5 Å². The van der Waals surface area contributed by atoms with E-state index in [9.17, 15) is 24.3 Å². The highest BCUT2D eigenvalue weighted by molar-refractivity contribution is 7.51. The zero-order valence-corrected chi connectivity index (χ0v) is 11.8. The maximum Gasteiger partial charge on any atom is 0.339 e. The van der Waals surface area contributed by atoms with Crippen LogP contribution in [-0.2, 0) is 11.1 Å². The van der Waals surface area contributed by atoms with E-state index in [4.69, 9.17) is 9.79 Å². The first-order valence-corrected chi connectivity index (χ1v) is 7.66. The van der Waals surface area contributed by atoms with E-state index in [1.807, 2.05) is 0 Å². The van der Waals surface area contributed by atoms with Gasteiger partial charge in [-0.15, -0.1) is 0 Å². The van der Waals surface area contributed by atoms with Crippen LogP contribution in [0.5, 0.6) is 0 Å². The van der Waals surface area contributed by atoms with Crippen LogP contribution in [0.2, 0.25) is 0 Å². The normalized spacial score (nSPS) is 11.7. The van der Waals surface area contributed by atoms with Gasteiger partial charge in [0.05, 0.1) is 22.2 Å². The van der Waals surface area contributed by atoms with Crippen LogP contribution in [-0.4, -0.2) is 31.0 Å². The summed E-state index contributed by atoms with van der Waals surface area (Å²) in [6.45, 7) is -0.148. The molecule has 0 fully saturated rings. The molecule has 0 aliphatic rings. The van der Waals surface area contributed by atoms with Crippen LogP contribution in [0.3, 0.4) is 0 Å². The van der Waals surface area contributed by atoms with Gasteiger partial charge in [0, 0.05) is 18.7 Å². The second-order valence-electron chi connectivity index (χ2n) is 4.44. The van der Waals surface area contributed by atoms with Gasteiger partial charge in [0.1, 0.15) is 0 Å². The van der Waals surface area contributed by atoms with Crippen molar-refractivity contribution in [2.24, 2.45) is 0 Å². The number of fused-ring (bicyclic) bond motifs is 1. The molecule has 2 aromatic rings. The summed E-state index contributed by atoms with van der Waals surface area (Å²) in [6, 6.07) is 2.22. The fourth-order valence-corrected chi connectivity index (χ4v) is 2.27. The van der Waals surface area contributed by atoms with Crippen molar-refractivity contribution in [3.63, 3.8) is 0 Å². The van der Waals surface area contributed by atoms with E-state index in [2.05, 4.69) is 15.3 Å². The minimum absolute atomic E-state index is 0.0479. The van der Waals surface area contributed by atoms with Gasteiger partial charge in [-0.25, -0.2) is 0 Å². The molecule has 12 heteroatoms. The van der Waals surface area contributed by atoms with Crippen LogP contribution in [0.25, 0.3) is 11.0 Å². The van der Waals surface area contributed by atoms with Gasteiger partial charge in [0.15, 0.2) is 0 Å². The second-order valence-corrected chi connectivity index (χ2v) is 6.09. The van der Waals surface area contributed by atoms with Crippen LogP contribution in [0.1, 0.15) is 5.56 Å². The number of hydrogen-bond donors (Lipinski definition) is 5. The fourth-order valence-electron chi connectivity index (χ4n) is 1.86. The monoisotopic (exact) mass is 332 g/mol. The van der Waals surface area contributed by atoms with E-state index in [1.165, 1.54) is 0 Å². The number of aromatic nitrogens is 2. The molecule has 5 N–H and O–H groups in total. The summed E-state index contributed by atoms with van der Waals surface area (Å²) >= 11 is 0. The molecule has 22 heavy (non-hydrogen) atoms. The van der Waals surface area contributed by atoms with Gasteiger partial charge in [0.25, 0.3) is 5.69 Å². The lowest BCUT2D eigenvalue weighted by Gasteiger charge is -2.09. The van der Waals surface area contributed by atoms with E-state index in [0.29, 0.717) is 0 Å². The molecule has 0 amide bonds. The Labute approximate surface area is 121 Å². The molecule has 11 nitrogen and oxygen atoms in total. The Morgan fingerprint density at radius 1 is 1.27 bits per heavy atom. The summed E-state index contributed by atoms with van der Waals surface area (Å²) in [7, 11) is -4.29. The summed E-state index contributed by atoms with van der Waals surface area (Å²) in [5, 5.41) is 13.3. The number of H-pyrrole nitrogens is 2. The highest BCUT2D eigenvalue weighted by atomic mass is 31.2. The minimum atomic E-state index is -4.29. The Balaban J connectivity index is 2.52. The molecule has 0 aliphatic heterocycles. The molecule has 2 rings (SSSR count). The van der Waals surface area contributed by atoms with Gasteiger partial charge in [-0.1, -0.05) is 0 Å². The van der Waals surface area contributed by atoms with E-state index < -0.39 is 29.9 Å². The lowest BCUT2D eigenvalue weighted by atomic mass is 10.2. The number of rotatable bonds is 5. The average Bonchev–Trinajstić information content (AvgIpc) is 2.38. The molecule has 1 aromatic heterocycles. The van der Waals surface area contributed by atoms with E-state index >= 15 is 0 Å². The lowest BCUT2D eigenvalue weighted by Crippen LogP contribution is -2.29. The third-order valence-electron chi connectivity index (χ3n) is 2.74. The van der Waals surface area contributed by atoms with Crippen LogP contribution in [0.15, 0.2) is 21.7 Å². The molecule has 0 bridgehead atoms. The van der Waals surface area contributed by atoms with Crippen molar-refractivity contribution in [1.29, 1.82) is 0 Å². The Hall–Kier alpha value is -2.33. The van der Waals surface area contributed by atoms with Crippen molar-refractivity contribution >= 4 is 24.3 Å². The van der Waals surface area contributed by atoms with Crippen LogP contribution >= 0.6 is 7.60 Å². The lowest BCUT2D eigenvalue weighted by molar-refractivity contribution is -0.384. The van der Waals surface area contributed by atoms with Crippen molar-refractivity contribution in [1.82, 2.24) is 15.3 Å². The fraction of sp³-hybridized carbons (Fsp3) is 0.200. The summed E-state index contributed by atoms with van der Waals surface area (Å²) in [6.07, 6.45) is -0.634. The molecule has 0 atom stereocenters. The zero-order chi connectivity index (χ0) is 16.5. The highest BCUT2D eigenvalue weighted by Gasteiger charge is 2.16. The number of aromatic amines is 2. The average molecular weight is 332 g/mol. The number of nitro benzene ring substituents is 1. The first kappa shape index (κ1) is 16.0. The van der Waals surface area contributed by atoms with Gasteiger partial charge in [-0.2, -0.15) is 0 Å². The Kier molecular flexibility index (Phi) is 4.24. The highest BCUT2D eigenvalue weighted by Crippen LogP contribution is 2.32. The van der Waals surface area contributed by atoms with Crippen LogP contribution in [0, 0.1) is 10.1 Å². The molecule has 0 unspecified atom stereocenters. The van der Waals surface area contributed by atoms with Gasteiger partial charge in [-0.3, -0.25) is 24.3 Å². The molecular weight excluding hydrogens is 321 g/mol. The smallest absolute Gasteiger partial charge is 0.324 e. The first-order valence-electron chi connectivity index (χ1n) is 5.86. The van der Waals surface area contributed by atoms with Crippen molar-refractivity contribution in [2.75, 3.05) is 6.29 Å². The second kappa shape index (κ2) is 5.81. The topological polar surface area (TPSA) is 178 Å². The zero-order valence-electron chi connectivity index (χ0n) is 10.9. The van der Waals surface area contributed by atoms with Gasteiger partial charge in [-0.05, 0) is 5.56 Å². The maximum atomic E-state index is 11.4. The molecule has 1 aromatic carbocycles. The van der Waals surface area contributed by atoms with Gasteiger partial charge >= 0.3 is 18.7 Å². The number of nitrogens with one attached hydrogen (secondary N) is 3. The number of nitro groups is 1. The van der Waals surface area contributed by atoms with Crippen molar-refractivity contribution < 1.29 is 19.3 Å². The van der Waals surface area contributed by atoms with Crippen molar-refractivity contribution in [3.8, 4) is 0 Å². The molecule has 1 heterocycles. The predicted octanol–water partition coefficient (Wildman–Crippen LogP) is -0.651. The third-order valence-corrected chi connectivity index (χ3v) is 3.38. The van der Waals surface area contributed by atoms with Crippen LogP contribution in [0.4, 0.5) is 5.69 Å². The summed E-state index contributed by atoms with van der Waals surface area (Å²) in [5.74, 6) is 0. The molecule has 0 radical (unpaired) electrons. The largest absolute Gasteiger partial charge is 0.339 e.